The predicted molar refractivity (Wildman–Crippen MR) is 147 cm³/mol. The molecule has 6 rings (SSSR count). The second kappa shape index (κ2) is 11.2. The van der Waals surface area contributed by atoms with E-state index in [9.17, 15) is 13.6 Å². The van der Waals surface area contributed by atoms with Crippen molar-refractivity contribution < 1.29 is 13.6 Å². The summed E-state index contributed by atoms with van der Waals surface area (Å²) >= 11 is 0. The lowest BCUT2D eigenvalue weighted by Gasteiger charge is -2.26. The van der Waals surface area contributed by atoms with Gasteiger partial charge in [0.25, 0.3) is 5.91 Å². The lowest BCUT2D eigenvalue weighted by molar-refractivity contribution is 0.102. The van der Waals surface area contributed by atoms with Gasteiger partial charge in [-0.2, -0.15) is 5.10 Å². The number of nitrogens with one attached hydrogen (secondary N) is 2. The van der Waals surface area contributed by atoms with E-state index in [2.05, 4.69) is 30.3 Å². The minimum absolute atomic E-state index is 0.175. The Morgan fingerprint density at radius 3 is 2.38 bits per heavy atom. The van der Waals surface area contributed by atoms with E-state index < -0.39 is 17.5 Å². The highest BCUT2D eigenvalue weighted by Gasteiger charge is 2.19. The molecule has 0 unspecified atom stereocenters. The number of likely N-dealkylation sites (tertiary alicyclic amines) is 2. The molecule has 2 aromatic carbocycles. The molecule has 2 fully saturated rings. The highest BCUT2D eigenvalue weighted by Crippen LogP contribution is 2.30. The molecule has 0 saturated carbocycles. The number of carbonyl (C=O) groups is 1. The number of H-pyrrole nitrogens is 1. The second-order valence-corrected chi connectivity index (χ2v) is 10.6. The van der Waals surface area contributed by atoms with Crippen LogP contribution in [0, 0.1) is 11.6 Å². The lowest BCUT2D eigenvalue weighted by Crippen LogP contribution is -2.29. The fourth-order valence-electron chi connectivity index (χ4n) is 5.63. The average molecular weight is 531 g/mol. The number of aromatic nitrogens is 3. The first-order valence-corrected chi connectivity index (χ1v) is 13.7. The quantitative estimate of drug-likeness (QED) is 0.319. The van der Waals surface area contributed by atoms with Gasteiger partial charge in [0.05, 0.1) is 23.1 Å². The van der Waals surface area contributed by atoms with E-state index in [1.165, 1.54) is 25.3 Å². The van der Waals surface area contributed by atoms with Gasteiger partial charge in [-0.1, -0.05) is 12.5 Å². The molecular formula is C30H32F2N6O. The van der Waals surface area contributed by atoms with E-state index in [4.69, 9.17) is 0 Å². The van der Waals surface area contributed by atoms with Crippen molar-refractivity contribution in [2.75, 3.05) is 31.5 Å². The summed E-state index contributed by atoms with van der Waals surface area (Å²) in [6.07, 6.45) is 7.54. The number of anilines is 1. The summed E-state index contributed by atoms with van der Waals surface area (Å²) in [5.41, 5.74) is 3.73. The van der Waals surface area contributed by atoms with E-state index in [1.807, 2.05) is 12.1 Å². The van der Waals surface area contributed by atoms with Crippen molar-refractivity contribution in [2.45, 2.75) is 45.2 Å². The Morgan fingerprint density at radius 2 is 1.64 bits per heavy atom. The summed E-state index contributed by atoms with van der Waals surface area (Å²) in [6.45, 7) is 5.49. The van der Waals surface area contributed by atoms with Crippen molar-refractivity contribution >= 4 is 22.5 Å². The first-order chi connectivity index (χ1) is 19.0. The molecule has 4 heterocycles. The lowest BCUT2D eigenvalue weighted by atomic mass is 9.99. The minimum atomic E-state index is -0.897. The van der Waals surface area contributed by atoms with E-state index in [-0.39, 0.29) is 11.3 Å². The third-order valence-electron chi connectivity index (χ3n) is 7.70. The highest BCUT2D eigenvalue weighted by molar-refractivity contribution is 6.11. The number of piperidine rings is 1. The summed E-state index contributed by atoms with van der Waals surface area (Å²) < 4.78 is 29.6. The molecule has 7 nitrogen and oxygen atoms in total. The zero-order valence-corrected chi connectivity index (χ0v) is 21.9. The third-order valence-corrected chi connectivity index (χ3v) is 7.70. The van der Waals surface area contributed by atoms with Crippen LogP contribution >= 0.6 is 0 Å². The SMILES string of the molecule is O=C(Nc1ccc(CN2CCCC2)nc1)c1n[nH]c2ccc(-c3cc(CN4CCCCC4)cc(F)c3F)cc12. The Labute approximate surface area is 226 Å². The summed E-state index contributed by atoms with van der Waals surface area (Å²) in [5, 5.41) is 10.5. The van der Waals surface area contributed by atoms with Gasteiger partial charge in [-0.15, -0.1) is 0 Å². The number of aromatic amines is 1. The van der Waals surface area contributed by atoms with Gasteiger partial charge in [0, 0.05) is 24.0 Å². The average Bonchev–Trinajstić information content (AvgIpc) is 3.62. The standard InChI is InChI=1S/C30H32F2N6O/c31-26-15-20(18-37-10-2-1-3-11-37)14-24(28(26)32)21-6-9-27-25(16-21)29(36-35-27)30(39)34-22-7-8-23(33-17-22)19-38-12-4-5-13-38/h6-9,14-17H,1-5,10-13,18-19H2,(H,34,39)(H,35,36). The fourth-order valence-corrected chi connectivity index (χ4v) is 5.63. The molecule has 4 aromatic rings. The maximum atomic E-state index is 15.0. The van der Waals surface area contributed by atoms with Gasteiger partial charge >= 0.3 is 0 Å². The Hall–Kier alpha value is -3.69. The van der Waals surface area contributed by atoms with Crippen LogP contribution in [0.15, 0.2) is 48.7 Å². The number of nitrogens with zero attached hydrogens (tertiary/aromatic N) is 4. The largest absolute Gasteiger partial charge is 0.319 e. The molecule has 9 heteroatoms. The predicted octanol–water partition coefficient (Wildman–Crippen LogP) is 5.74. The van der Waals surface area contributed by atoms with Gasteiger partial charge in [-0.05, 0) is 99.4 Å². The first kappa shape index (κ1) is 25.6. The highest BCUT2D eigenvalue weighted by atomic mass is 19.2. The smallest absolute Gasteiger partial charge is 0.276 e. The molecule has 0 atom stereocenters. The van der Waals surface area contributed by atoms with Crippen molar-refractivity contribution in [3.05, 3.63) is 77.2 Å². The number of amides is 1. The van der Waals surface area contributed by atoms with Crippen molar-refractivity contribution in [3.8, 4) is 11.1 Å². The van der Waals surface area contributed by atoms with Gasteiger partial charge < -0.3 is 5.32 Å². The van der Waals surface area contributed by atoms with Gasteiger partial charge in [-0.25, -0.2) is 8.78 Å². The van der Waals surface area contributed by atoms with Gasteiger partial charge in [-0.3, -0.25) is 24.7 Å². The van der Waals surface area contributed by atoms with Crippen LogP contribution in [0.5, 0.6) is 0 Å². The summed E-state index contributed by atoms with van der Waals surface area (Å²) in [4.78, 5) is 22.3. The van der Waals surface area contributed by atoms with Crippen molar-refractivity contribution in [3.63, 3.8) is 0 Å². The summed E-state index contributed by atoms with van der Waals surface area (Å²) in [7, 11) is 0. The molecule has 0 bridgehead atoms. The maximum absolute atomic E-state index is 15.0. The van der Waals surface area contributed by atoms with Crippen LogP contribution in [0.25, 0.3) is 22.0 Å². The summed E-state index contributed by atoms with van der Waals surface area (Å²) in [6, 6.07) is 11.9. The number of pyridine rings is 1. The Morgan fingerprint density at radius 1 is 0.897 bits per heavy atom. The van der Waals surface area contributed by atoms with E-state index >= 15 is 0 Å². The van der Waals surface area contributed by atoms with Crippen LogP contribution in [-0.2, 0) is 13.1 Å². The second-order valence-electron chi connectivity index (χ2n) is 10.6. The van der Waals surface area contributed by atoms with E-state index in [0.29, 0.717) is 28.7 Å². The van der Waals surface area contributed by atoms with Crippen LogP contribution in [0.4, 0.5) is 14.5 Å². The fraction of sp³-hybridized carbons (Fsp3) is 0.367. The van der Waals surface area contributed by atoms with Crippen molar-refractivity contribution in [1.29, 1.82) is 0 Å². The van der Waals surface area contributed by atoms with Crippen molar-refractivity contribution in [1.82, 2.24) is 25.0 Å². The molecule has 39 heavy (non-hydrogen) atoms. The Kier molecular flexibility index (Phi) is 7.34. The molecule has 2 aromatic heterocycles. The Balaban J connectivity index is 1.22. The third kappa shape index (κ3) is 5.69. The Bertz CT molecular complexity index is 1470. The minimum Gasteiger partial charge on any atom is -0.319 e. The molecule has 1 amide bonds. The molecule has 2 aliphatic heterocycles. The number of fused-ring (bicyclic) bond motifs is 1. The van der Waals surface area contributed by atoms with Crippen LogP contribution in [0.2, 0.25) is 0 Å². The van der Waals surface area contributed by atoms with Crippen LogP contribution < -0.4 is 5.32 Å². The molecular weight excluding hydrogens is 498 g/mol. The molecule has 2 saturated heterocycles. The van der Waals surface area contributed by atoms with Crippen molar-refractivity contribution in [2.24, 2.45) is 0 Å². The number of rotatable bonds is 7. The van der Waals surface area contributed by atoms with E-state index in [0.717, 1.165) is 56.8 Å². The summed E-state index contributed by atoms with van der Waals surface area (Å²) in [5.74, 6) is -2.17. The van der Waals surface area contributed by atoms with Gasteiger partial charge in [0.1, 0.15) is 0 Å². The zero-order chi connectivity index (χ0) is 26.8. The first-order valence-electron chi connectivity index (χ1n) is 13.7. The van der Waals surface area contributed by atoms with Gasteiger partial charge in [0.15, 0.2) is 17.3 Å². The van der Waals surface area contributed by atoms with Crippen LogP contribution in [0.3, 0.4) is 0 Å². The molecule has 2 aliphatic rings. The molecule has 0 aliphatic carbocycles. The number of halogens is 2. The molecule has 202 valence electrons. The van der Waals surface area contributed by atoms with E-state index in [1.54, 1.807) is 30.5 Å². The zero-order valence-electron chi connectivity index (χ0n) is 21.9. The number of benzene rings is 2. The van der Waals surface area contributed by atoms with Crippen LogP contribution in [0.1, 0.15) is 53.8 Å². The number of hydrogen-bond donors (Lipinski definition) is 2. The molecule has 0 radical (unpaired) electrons. The van der Waals surface area contributed by atoms with Gasteiger partial charge in [0.2, 0.25) is 0 Å². The number of hydrogen-bond acceptors (Lipinski definition) is 5. The van der Waals surface area contributed by atoms with Crippen LogP contribution in [-0.4, -0.2) is 57.1 Å². The monoisotopic (exact) mass is 530 g/mol. The normalized spacial score (nSPS) is 16.7. The maximum Gasteiger partial charge on any atom is 0.276 e. The topological polar surface area (TPSA) is 77.1 Å². The number of carbonyl (C=O) groups excluding carboxylic acids is 1. The molecule has 0 spiro atoms. The molecule has 2 N–H and O–H groups in total.